The number of rotatable bonds is 6. The number of hydrogen-bond acceptors (Lipinski definition) is 6. The van der Waals surface area contributed by atoms with E-state index in [2.05, 4.69) is 26.3 Å². The standard InChI is InChI=1S/C23H23ClN4O3/c24-15-3-1-2-14(10-15)6-8-25-16-4-5-19-18(11-16)21-22(31-19)23(30)27-20(26-21)13-28-9-7-17(29)12-28/h1-5,10-11,17,25,29H,6-9,12-13H2,(H,26,27,30)/t17-/m0/s1. The number of aromatic amines is 1. The van der Waals surface area contributed by atoms with Crippen LogP contribution in [0.2, 0.25) is 5.02 Å². The molecular weight excluding hydrogens is 416 g/mol. The van der Waals surface area contributed by atoms with Gasteiger partial charge in [0, 0.05) is 35.7 Å². The number of likely N-dealkylation sites (tertiary alicyclic amines) is 1. The van der Waals surface area contributed by atoms with E-state index in [0.717, 1.165) is 42.0 Å². The van der Waals surface area contributed by atoms with E-state index in [4.69, 9.17) is 16.0 Å². The summed E-state index contributed by atoms with van der Waals surface area (Å²) in [5.74, 6) is 0.577. The first kappa shape index (κ1) is 20.1. The van der Waals surface area contributed by atoms with Gasteiger partial charge in [-0.3, -0.25) is 9.69 Å². The van der Waals surface area contributed by atoms with E-state index in [-0.39, 0.29) is 17.2 Å². The summed E-state index contributed by atoms with van der Waals surface area (Å²) in [6, 6.07) is 13.6. The SMILES string of the molecule is O=c1[nH]c(CN2CC[C@H](O)C2)nc2c1oc1ccc(NCCc3cccc(Cl)c3)cc12. The normalized spacial score (nSPS) is 17.0. The summed E-state index contributed by atoms with van der Waals surface area (Å²) >= 11 is 6.05. The molecule has 0 unspecified atom stereocenters. The number of β-amino-alcohol motifs (C(OH)–C–C–N with tert-alkyl or cyclic N) is 1. The second-order valence-electron chi connectivity index (χ2n) is 7.99. The third-order valence-corrected chi connectivity index (χ3v) is 5.86. The van der Waals surface area contributed by atoms with Gasteiger partial charge in [-0.05, 0) is 48.7 Å². The molecule has 1 fully saturated rings. The maximum atomic E-state index is 12.6. The van der Waals surface area contributed by atoms with Crippen LogP contribution in [0.4, 0.5) is 5.69 Å². The van der Waals surface area contributed by atoms with Crippen LogP contribution in [0.15, 0.2) is 51.7 Å². The highest BCUT2D eigenvalue weighted by atomic mass is 35.5. The van der Waals surface area contributed by atoms with E-state index in [1.807, 2.05) is 36.4 Å². The lowest BCUT2D eigenvalue weighted by Gasteiger charge is -2.13. The van der Waals surface area contributed by atoms with Crippen molar-refractivity contribution < 1.29 is 9.52 Å². The van der Waals surface area contributed by atoms with Crippen LogP contribution in [0.3, 0.4) is 0 Å². The minimum Gasteiger partial charge on any atom is -0.449 e. The number of aliphatic hydroxyl groups is 1. The predicted molar refractivity (Wildman–Crippen MR) is 122 cm³/mol. The van der Waals surface area contributed by atoms with Crippen LogP contribution in [-0.2, 0) is 13.0 Å². The van der Waals surface area contributed by atoms with Crippen LogP contribution >= 0.6 is 11.6 Å². The van der Waals surface area contributed by atoms with Crippen molar-refractivity contribution >= 4 is 39.4 Å². The molecule has 0 aliphatic carbocycles. The van der Waals surface area contributed by atoms with Gasteiger partial charge in [-0.1, -0.05) is 23.7 Å². The average Bonchev–Trinajstić information content (AvgIpc) is 3.31. The predicted octanol–water partition coefficient (Wildman–Crippen LogP) is 3.54. The number of anilines is 1. The molecule has 1 saturated heterocycles. The van der Waals surface area contributed by atoms with Gasteiger partial charge in [-0.2, -0.15) is 0 Å². The van der Waals surface area contributed by atoms with Gasteiger partial charge in [-0.15, -0.1) is 0 Å². The number of fused-ring (bicyclic) bond motifs is 3. The Balaban J connectivity index is 1.39. The quantitative estimate of drug-likeness (QED) is 0.426. The zero-order valence-corrected chi connectivity index (χ0v) is 17.7. The molecular formula is C23H23ClN4O3. The number of H-pyrrole nitrogens is 1. The second kappa shape index (κ2) is 8.34. The molecule has 1 atom stereocenters. The van der Waals surface area contributed by atoms with Crippen molar-refractivity contribution in [2.75, 3.05) is 25.0 Å². The van der Waals surface area contributed by atoms with Gasteiger partial charge in [0.25, 0.3) is 5.56 Å². The molecule has 2 aromatic heterocycles. The summed E-state index contributed by atoms with van der Waals surface area (Å²) in [4.78, 5) is 22.1. The largest absolute Gasteiger partial charge is 0.449 e. The van der Waals surface area contributed by atoms with Gasteiger partial charge in [-0.25, -0.2) is 4.98 Å². The molecule has 160 valence electrons. The Morgan fingerprint density at radius 2 is 2.19 bits per heavy atom. The van der Waals surface area contributed by atoms with Gasteiger partial charge >= 0.3 is 0 Å². The Morgan fingerprint density at radius 3 is 3.00 bits per heavy atom. The summed E-state index contributed by atoms with van der Waals surface area (Å²) < 4.78 is 5.76. The molecule has 3 heterocycles. The molecule has 1 aliphatic rings. The van der Waals surface area contributed by atoms with Gasteiger partial charge in [0.1, 0.15) is 16.9 Å². The van der Waals surface area contributed by atoms with Gasteiger partial charge in [0.05, 0.1) is 12.6 Å². The molecule has 0 saturated carbocycles. The first-order valence-electron chi connectivity index (χ1n) is 10.4. The van der Waals surface area contributed by atoms with Crippen LogP contribution in [0.5, 0.6) is 0 Å². The third-order valence-electron chi connectivity index (χ3n) is 5.63. The number of halogens is 1. The smallest absolute Gasteiger partial charge is 0.294 e. The van der Waals surface area contributed by atoms with Crippen LogP contribution < -0.4 is 10.9 Å². The first-order valence-corrected chi connectivity index (χ1v) is 10.8. The zero-order valence-electron chi connectivity index (χ0n) is 16.9. The van der Waals surface area contributed by atoms with Crippen molar-refractivity contribution in [3.05, 3.63) is 69.2 Å². The molecule has 31 heavy (non-hydrogen) atoms. The fourth-order valence-electron chi connectivity index (χ4n) is 4.10. The first-order chi connectivity index (χ1) is 15.0. The maximum Gasteiger partial charge on any atom is 0.294 e. The van der Waals surface area contributed by atoms with Gasteiger partial charge < -0.3 is 19.8 Å². The molecule has 8 heteroatoms. The zero-order chi connectivity index (χ0) is 21.4. The summed E-state index contributed by atoms with van der Waals surface area (Å²) in [5.41, 5.74) is 3.24. The fraction of sp³-hybridized carbons (Fsp3) is 0.304. The lowest BCUT2D eigenvalue weighted by atomic mass is 10.1. The Morgan fingerprint density at radius 1 is 1.29 bits per heavy atom. The summed E-state index contributed by atoms with van der Waals surface area (Å²) in [5, 5.41) is 14.7. The summed E-state index contributed by atoms with van der Waals surface area (Å²) in [6.07, 6.45) is 1.27. The number of furan rings is 1. The third kappa shape index (κ3) is 4.30. The monoisotopic (exact) mass is 438 g/mol. The van der Waals surface area contributed by atoms with Crippen LogP contribution in [0.1, 0.15) is 17.8 Å². The molecule has 7 nitrogen and oxygen atoms in total. The molecule has 0 bridgehead atoms. The van der Waals surface area contributed by atoms with Crippen LogP contribution in [0.25, 0.3) is 22.1 Å². The highest BCUT2D eigenvalue weighted by molar-refractivity contribution is 6.30. The van der Waals surface area contributed by atoms with E-state index in [9.17, 15) is 9.90 Å². The Kier molecular flexibility index (Phi) is 5.40. The lowest BCUT2D eigenvalue weighted by molar-refractivity contribution is 0.174. The number of aromatic nitrogens is 2. The Bertz CT molecular complexity index is 1300. The fourth-order valence-corrected chi connectivity index (χ4v) is 4.31. The molecule has 3 N–H and O–H groups in total. The van der Waals surface area contributed by atoms with Crippen molar-refractivity contribution in [2.24, 2.45) is 0 Å². The van der Waals surface area contributed by atoms with E-state index < -0.39 is 0 Å². The number of nitrogens with zero attached hydrogens (tertiary/aromatic N) is 2. The lowest BCUT2D eigenvalue weighted by Crippen LogP contribution is -2.24. The summed E-state index contributed by atoms with van der Waals surface area (Å²) in [6.45, 7) is 2.62. The highest BCUT2D eigenvalue weighted by Gasteiger charge is 2.22. The molecule has 5 rings (SSSR count). The highest BCUT2D eigenvalue weighted by Crippen LogP contribution is 2.28. The van der Waals surface area contributed by atoms with Crippen molar-refractivity contribution in [1.29, 1.82) is 0 Å². The Labute approximate surface area is 183 Å². The van der Waals surface area contributed by atoms with Crippen molar-refractivity contribution in [3.8, 4) is 0 Å². The van der Waals surface area contributed by atoms with Crippen LogP contribution in [-0.4, -0.2) is 45.7 Å². The maximum absolute atomic E-state index is 12.6. The average molecular weight is 439 g/mol. The number of benzene rings is 2. The minimum atomic E-state index is -0.314. The van der Waals surface area contributed by atoms with E-state index in [1.165, 1.54) is 5.56 Å². The minimum absolute atomic E-state index is 0.233. The molecule has 2 aromatic carbocycles. The van der Waals surface area contributed by atoms with E-state index in [0.29, 0.717) is 30.0 Å². The van der Waals surface area contributed by atoms with E-state index in [1.54, 1.807) is 0 Å². The Hall–Kier alpha value is -2.87. The molecule has 4 aromatic rings. The second-order valence-corrected chi connectivity index (χ2v) is 8.42. The number of hydrogen-bond donors (Lipinski definition) is 3. The van der Waals surface area contributed by atoms with Crippen molar-refractivity contribution in [2.45, 2.75) is 25.5 Å². The van der Waals surface area contributed by atoms with E-state index >= 15 is 0 Å². The number of aliphatic hydroxyl groups excluding tert-OH is 1. The molecule has 0 amide bonds. The molecule has 0 radical (unpaired) electrons. The molecule has 1 aliphatic heterocycles. The van der Waals surface area contributed by atoms with Gasteiger partial charge in [0.2, 0.25) is 5.58 Å². The van der Waals surface area contributed by atoms with Gasteiger partial charge in [0.15, 0.2) is 0 Å². The van der Waals surface area contributed by atoms with Crippen LogP contribution in [0, 0.1) is 0 Å². The topological polar surface area (TPSA) is 94.4 Å². The summed E-state index contributed by atoms with van der Waals surface area (Å²) in [7, 11) is 0. The van der Waals surface area contributed by atoms with Crippen molar-refractivity contribution in [1.82, 2.24) is 14.9 Å². The van der Waals surface area contributed by atoms with Crippen molar-refractivity contribution in [3.63, 3.8) is 0 Å². The number of nitrogens with one attached hydrogen (secondary N) is 2. The molecule has 0 spiro atoms.